The van der Waals surface area contributed by atoms with Gasteiger partial charge in [-0.2, -0.15) is 0 Å². The van der Waals surface area contributed by atoms with Crippen molar-refractivity contribution >= 4 is 42.5 Å². The molecule has 2 heterocycles. The van der Waals surface area contributed by atoms with Gasteiger partial charge in [-0.15, -0.1) is 0 Å². The van der Waals surface area contributed by atoms with Crippen molar-refractivity contribution in [3.05, 3.63) is 28.9 Å². The lowest BCUT2D eigenvalue weighted by Gasteiger charge is -2.07. The third-order valence-electron chi connectivity index (χ3n) is 3.28. The Morgan fingerprint density at radius 3 is 2.90 bits per heavy atom. The number of rotatable bonds is 3. The molecule has 1 aliphatic heterocycles. The number of halogens is 1. The van der Waals surface area contributed by atoms with Crippen LogP contribution in [0.2, 0.25) is 0 Å². The lowest BCUT2D eigenvalue weighted by molar-refractivity contribution is 0.602. The van der Waals surface area contributed by atoms with E-state index in [0.29, 0.717) is 11.4 Å². The second-order valence-electron chi connectivity index (χ2n) is 4.78. The van der Waals surface area contributed by atoms with Gasteiger partial charge in [0, 0.05) is 28.9 Å². The number of aliphatic imine (C=N–C) groups is 1. The number of hydrogen-bond acceptors (Lipinski definition) is 4. The fourth-order valence-corrected chi connectivity index (χ4v) is 3.89. The number of hydrogen-bond donors (Lipinski definition) is 1. The van der Waals surface area contributed by atoms with Crippen molar-refractivity contribution in [1.29, 1.82) is 0 Å². The first kappa shape index (κ1) is 13.6. The van der Waals surface area contributed by atoms with Gasteiger partial charge < -0.3 is 9.88 Å². The number of fused-ring (bicyclic) bond motifs is 1. The molecule has 0 spiro atoms. The highest BCUT2D eigenvalue weighted by molar-refractivity contribution is 9.10. The molecule has 5 nitrogen and oxygen atoms in total. The standard InChI is InChI=1S/C13H14BrN3O2S/c1-20(18,19)11-7-17(8-12-15-5-6-16-12)13-9(11)3-2-4-10(13)14/h2-4,7H,5-6,8H2,1H3,(H,15,16). The summed E-state index contributed by atoms with van der Waals surface area (Å²) in [6.07, 6.45) is 2.92. The van der Waals surface area contributed by atoms with E-state index >= 15 is 0 Å². The summed E-state index contributed by atoms with van der Waals surface area (Å²) in [5.41, 5.74) is 0.879. The number of nitrogens with zero attached hydrogens (tertiary/aromatic N) is 2. The van der Waals surface area contributed by atoms with Crippen molar-refractivity contribution in [1.82, 2.24) is 9.88 Å². The molecule has 0 atom stereocenters. The Morgan fingerprint density at radius 1 is 1.45 bits per heavy atom. The van der Waals surface area contributed by atoms with Crippen LogP contribution in [0.25, 0.3) is 10.9 Å². The molecule has 1 N–H and O–H groups in total. The van der Waals surface area contributed by atoms with E-state index in [1.807, 2.05) is 22.8 Å². The van der Waals surface area contributed by atoms with Crippen LogP contribution < -0.4 is 5.32 Å². The lowest BCUT2D eigenvalue weighted by Crippen LogP contribution is -2.23. The highest BCUT2D eigenvalue weighted by Crippen LogP contribution is 2.31. The Hall–Kier alpha value is -1.34. The van der Waals surface area contributed by atoms with Crippen molar-refractivity contribution in [2.45, 2.75) is 11.4 Å². The lowest BCUT2D eigenvalue weighted by atomic mass is 10.2. The van der Waals surface area contributed by atoms with E-state index in [0.717, 1.165) is 34.3 Å². The van der Waals surface area contributed by atoms with Crippen LogP contribution in [0.3, 0.4) is 0 Å². The van der Waals surface area contributed by atoms with Crippen LogP contribution in [-0.4, -0.2) is 38.2 Å². The van der Waals surface area contributed by atoms with Gasteiger partial charge in [0.1, 0.15) is 5.84 Å². The maximum absolute atomic E-state index is 11.9. The molecule has 3 rings (SSSR count). The number of amidine groups is 1. The molecule has 0 aliphatic carbocycles. The van der Waals surface area contributed by atoms with E-state index in [2.05, 4.69) is 26.2 Å². The Morgan fingerprint density at radius 2 is 2.25 bits per heavy atom. The summed E-state index contributed by atoms with van der Waals surface area (Å²) in [5.74, 6) is 0.887. The minimum absolute atomic E-state index is 0.354. The summed E-state index contributed by atoms with van der Waals surface area (Å²) in [6.45, 7) is 2.16. The molecule has 0 saturated heterocycles. The number of benzene rings is 1. The van der Waals surface area contributed by atoms with Gasteiger partial charge >= 0.3 is 0 Å². The third kappa shape index (κ3) is 2.35. The third-order valence-corrected chi connectivity index (χ3v) is 5.04. The van der Waals surface area contributed by atoms with Crippen molar-refractivity contribution in [3.63, 3.8) is 0 Å². The van der Waals surface area contributed by atoms with Crippen LogP contribution in [-0.2, 0) is 16.4 Å². The molecule has 0 radical (unpaired) electrons. The molecule has 0 fully saturated rings. The zero-order valence-corrected chi connectivity index (χ0v) is 13.3. The van der Waals surface area contributed by atoms with Crippen LogP contribution in [0.4, 0.5) is 0 Å². The molecular formula is C13H14BrN3O2S. The van der Waals surface area contributed by atoms with Crippen molar-refractivity contribution < 1.29 is 8.42 Å². The first-order valence-corrected chi connectivity index (χ1v) is 8.90. The molecule has 20 heavy (non-hydrogen) atoms. The Balaban J connectivity index is 2.21. The van der Waals surface area contributed by atoms with Gasteiger partial charge in [0.25, 0.3) is 0 Å². The summed E-state index contributed by atoms with van der Waals surface area (Å²) in [7, 11) is -3.26. The van der Waals surface area contributed by atoms with Crippen molar-refractivity contribution in [2.75, 3.05) is 19.3 Å². The molecule has 2 aromatic rings. The van der Waals surface area contributed by atoms with Gasteiger partial charge in [-0.3, -0.25) is 4.99 Å². The monoisotopic (exact) mass is 355 g/mol. The minimum Gasteiger partial charge on any atom is -0.370 e. The second kappa shape index (κ2) is 4.89. The molecule has 1 aromatic carbocycles. The molecule has 0 bridgehead atoms. The fourth-order valence-electron chi connectivity index (χ4n) is 2.42. The van der Waals surface area contributed by atoms with Crippen molar-refractivity contribution in [2.24, 2.45) is 4.99 Å². The maximum atomic E-state index is 11.9. The van der Waals surface area contributed by atoms with Gasteiger partial charge in [0.05, 0.1) is 23.5 Å². The summed E-state index contributed by atoms with van der Waals surface area (Å²) in [4.78, 5) is 4.71. The minimum atomic E-state index is -3.26. The summed E-state index contributed by atoms with van der Waals surface area (Å²) < 4.78 is 26.7. The highest BCUT2D eigenvalue weighted by Gasteiger charge is 2.19. The van der Waals surface area contributed by atoms with Gasteiger partial charge in [0.2, 0.25) is 0 Å². The van der Waals surface area contributed by atoms with Crippen LogP contribution in [0.5, 0.6) is 0 Å². The molecule has 0 unspecified atom stereocenters. The van der Waals surface area contributed by atoms with Gasteiger partial charge in [0.15, 0.2) is 9.84 Å². The molecule has 1 aliphatic rings. The van der Waals surface area contributed by atoms with Crippen LogP contribution in [0.1, 0.15) is 0 Å². The topological polar surface area (TPSA) is 63.5 Å². The fraction of sp³-hybridized carbons (Fsp3) is 0.308. The van der Waals surface area contributed by atoms with E-state index in [1.165, 1.54) is 6.26 Å². The summed E-state index contributed by atoms with van der Waals surface area (Å²) in [6, 6.07) is 5.59. The number of para-hydroxylation sites is 1. The number of nitrogens with one attached hydrogen (secondary N) is 1. The molecule has 0 amide bonds. The number of sulfone groups is 1. The van der Waals surface area contributed by atoms with Gasteiger partial charge in [-0.1, -0.05) is 12.1 Å². The Labute approximate surface area is 125 Å². The van der Waals surface area contributed by atoms with E-state index in [1.54, 1.807) is 6.20 Å². The molecular weight excluding hydrogens is 342 g/mol. The van der Waals surface area contributed by atoms with E-state index in [-0.39, 0.29) is 0 Å². The predicted molar refractivity (Wildman–Crippen MR) is 83.1 cm³/mol. The molecule has 7 heteroatoms. The summed E-state index contributed by atoms with van der Waals surface area (Å²) in [5, 5.41) is 3.94. The second-order valence-corrected chi connectivity index (χ2v) is 7.62. The maximum Gasteiger partial charge on any atom is 0.177 e. The largest absolute Gasteiger partial charge is 0.370 e. The van der Waals surface area contributed by atoms with Gasteiger partial charge in [-0.25, -0.2) is 8.42 Å². The Bertz CT molecular complexity index is 808. The summed E-state index contributed by atoms with van der Waals surface area (Å²) >= 11 is 3.50. The van der Waals surface area contributed by atoms with Crippen LogP contribution in [0, 0.1) is 0 Å². The molecule has 106 valence electrons. The van der Waals surface area contributed by atoms with E-state index < -0.39 is 9.84 Å². The first-order valence-electron chi connectivity index (χ1n) is 6.21. The van der Waals surface area contributed by atoms with Crippen LogP contribution >= 0.6 is 15.9 Å². The SMILES string of the molecule is CS(=O)(=O)c1cn(CC2=NCCN2)c2c(Br)cccc12. The van der Waals surface area contributed by atoms with E-state index in [9.17, 15) is 8.42 Å². The highest BCUT2D eigenvalue weighted by atomic mass is 79.9. The average Bonchev–Trinajstić information content (AvgIpc) is 2.97. The molecule has 0 saturated carbocycles. The van der Waals surface area contributed by atoms with Crippen LogP contribution in [0.15, 0.2) is 38.8 Å². The zero-order valence-electron chi connectivity index (χ0n) is 10.9. The zero-order chi connectivity index (χ0) is 14.3. The predicted octanol–water partition coefficient (Wildman–Crippen LogP) is 1.81. The Kier molecular flexibility index (Phi) is 3.33. The smallest absolute Gasteiger partial charge is 0.177 e. The molecule has 1 aromatic heterocycles. The number of aromatic nitrogens is 1. The first-order chi connectivity index (χ1) is 9.47. The normalized spacial score (nSPS) is 15.4. The quantitative estimate of drug-likeness (QED) is 0.912. The van der Waals surface area contributed by atoms with E-state index in [4.69, 9.17) is 0 Å². The van der Waals surface area contributed by atoms with Gasteiger partial charge in [-0.05, 0) is 22.0 Å². The average molecular weight is 356 g/mol. The van der Waals surface area contributed by atoms with Crippen molar-refractivity contribution in [3.8, 4) is 0 Å².